The van der Waals surface area contributed by atoms with E-state index in [9.17, 15) is 14.4 Å². The predicted octanol–water partition coefficient (Wildman–Crippen LogP) is 1.14. The van der Waals surface area contributed by atoms with E-state index in [0.717, 1.165) is 11.3 Å². The Morgan fingerprint density at radius 1 is 1.47 bits per heavy atom. The summed E-state index contributed by atoms with van der Waals surface area (Å²) in [6.07, 6.45) is -1.11. The van der Waals surface area contributed by atoms with Gasteiger partial charge in [-0.25, -0.2) is 9.59 Å². The second kappa shape index (κ2) is 5.65. The van der Waals surface area contributed by atoms with Gasteiger partial charge in [-0.05, 0) is 19.1 Å². The van der Waals surface area contributed by atoms with E-state index in [1.54, 1.807) is 5.32 Å². The van der Waals surface area contributed by atoms with Crippen molar-refractivity contribution in [2.24, 2.45) is 5.73 Å². The number of thiophene rings is 1. The summed E-state index contributed by atoms with van der Waals surface area (Å²) in [6, 6.07) is 2.02. The van der Waals surface area contributed by atoms with E-state index in [1.165, 1.54) is 19.1 Å². The first kappa shape index (κ1) is 13.5. The summed E-state index contributed by atoms with van der Waals surface area (Å²) in [5.74, 6) is -1.47. The Bertz CT molecular complexity index is 460. The van der Waals surface area contributed by atoms with E-state index < -0.39 is 24.0 Å². The molecule has 8 heteroatoms. The molecule has 0 saturated carbocycles. The fourth-order valence-corrected chi connectivity index (χ4v) is 1.85. The fourth-order valence-electron chi connectivity index (χ4n) is 0.919. The molecule has 3 amide bonds. The lowest BCUT2D eigenvalue weighted by atomic mass is 10.3. The molecule has 1 heterocycles. The predicted molar refractivity (Wildman–Crippen MR) is 61.9 cm³/mol. The third-order valence-corrected chi connectivity index (χ3v) is 2.89. The molecule has 0 aliphatic rings. The molecule has 17 heavy (non-hydrogen) atoms. The lowest BCUT2D eigenvalue weighted by Crippen LogP contribution is -2.42. The van der Waals surface area contributed by atoms with Crippen molar-refractivity contribution in [2.45, 2.75) is 13.0 Å². The van der Waals surface area contributed by atoms with Crippen molar-refractivity contribution >= 4 is 40.8 Å². The number of rotatable bonds is 3. The zero-order chi connectivity index (χ0) is 13.0. The molecule has 1 aromatic rings. The van der Waals surface area contributed by atoms with E-state index in [2.05, 4.69) is 0 Å². The third-order valence-electron chi connectivity index (χ3n) is 1.67. The second-order valence-electron chi connectivity index (χ2n) is 3.00. The van der Waals surface area contributed by atoms with Crippen molar-refractivity contribution < 1.29 is 19.1 Å². The lowest BCUT2D eigenvalue weighted by molar-refractivity contribution is -0.127. The fraction of sp³-hybridized carbons (Fsp3) is 0.222. The van der Waals surface area contributed by atoms with Crippen LogP contribution in [0.1, 0.15) is 16.6 Å². The highest BCUT2D eigenvalue weighted by Crippen LogP contribution is 2.22. The molecule has 0 spiro atoms. The molecule has 0 aliphatic heterocycles. The highest BCUT2D eigenvalue weighted by molar-refractivity contribution is 7.17. The van der Waals surface area contributed by atoms with Crippen molar-refractivity contribution in [3.63, 3.8) is 0 Å². The van der Waals surface area contributed by atoms with Gasteiger partial charge in [0.05, 0.1) is 4.34 Å². The van der Waals surface area contributed by atoms with Gasteiger partial charge in [0.15, 0.2) is 6.10 Å². The summed E-state index contributed by atoms with van der Waals surface area (Å²) in [5.41, 5.74) is 4.75. The standard InChI is InChI=1S/C9H9ClN2O4S/c1-4(7(13)12-9(11)15)16-8(14)5-2-3-6(10)17-5/h2-4H,1H3,(H3,11,12,13,15)/t4-/m0/s1. The topological polar surface area (TPSA) is 98.5 Å². The molecule has 1 rings (SSSR count). The number of carbonyl (C=O) groups is 3. The summed E-state index contributed by atoms with van der Waals surface area (Å²) >= 11 is 6.67. The Labute approximate surface area is 106 Å². The molecular weight excluding hydrogens is 268 g/mol. The maximum absolute atomic E-state index is 11.5. The van der Waals surface area contributed by atoms with E-state index in [4.69, 9.17) is 22.1 Å². The normalized spacial score (nSPS) is 11.6. The molecule has 1 atom stereocenters. The minimum absolute atomic E-state index is 0.272. The molecule has 0 unspecified atom stereocenters. The SMILES string of the molecule is C[C@H](OC(=O)c1ccc(Cl)s1)C(=O)NC(N)=O. The highest BCUT2D eigenvalue weighted by Gasteiger charge is 2.20. The number of esters is 1. The minimum atomic E-state index is -1.11. The van der Waals surface area contributed by atoms with Crippen LogP contribution in [-0.2, 0) is 9.53 Å². The first-order valence-electron chi connectivity index (χ1n) is 4.46. The molecule has 92 valence electrons. The van der Waals surface area contributed by atoms with Gasteiger partial charge in [-0.3, -0.25) is 10.1 Å². The zero-order valence-corrected chi connectivity index (χ0v) is 10.3. The number of halogens is 1. The Kier molecular flexibility index (Phi) is 4.47. The van der Waals surface area contributed by atoms with Gasteiger partial charge in [-0.2, -0.15) is 0 Å². The quantitative estimate of drug-likeness (QED) is 0.809. The number of carbonyl (C=O) groups excluding carboxylic acids is 3. The minimum Gasteiger partial charge on any atom is -0.448 e. The Hall–Kier alpha value is -1.60. The van der Waals surface area contributed by atoms with Crippen molar-refractivity contribution in [3.8, 4) is 0 Å². The average Bonchev–Trinajstić information content (AvgIpc) is 2.63. The maximum Gasteiger partial charge on any atom is 0.349 e. The van der Waals surface area contributed by atoms with Gasteiger partial charge in [0, 0.05) is 0 Å². The Balaban J connectivity index is 2.57. The number of hydrogen-bond donors (Lipinski definition) is 2. The van der Waals surface area contributed by atoms with Gasteiger partial charge >= 0.3 is 12.0 Å². The van der Waals surface area contributed by atoms with Crippen LogP contribution >= 0.6 is 22.9 Å². The van der Waals surface area contributed by atoms with Crippen molar-refractivity contribution in [2.75, 3.05) is 0 Å². The van der Waals surface area contributed by atoms with Gasteiger partial charge in [-0.1, -0.05) is 11.6 Å². The number of urea groups is 1. The number of imide groups is 1. The molecular formula is C9H9ClN2O4S. The van der Waals surface area contributed by atoms with Crippen LogP contribution in [0.4, 0.5) is 4.79 Å². The van der Waals surface area contributed by atoms with Crippen LogP contribution in [0.15, 0.2) is 12.1 Å². The first-order chi connectivity index (χ1) is 7.90. The number of nitrogens with two attached hydrogens (primary N) is 1. The van der Waals surface area contributed by atoms with Crippen molar-refractivity contribution in [1.82, 2.24) is 5.32 Å². The molecule has 0 aliphatic carbocycles. The Morgan fingerprint density at radius 2 is 2.12 bits per heavy atom. The third kappa shape index (κ3) is 4.04. The van der Waals surface area contributed by atoms with Crippen LogP contribution in [-0.4, -0.2) is 24.0 Å². The molecule has 6 nitrogen and oxygen atoms in total. The number of primary amides is 1. The van der Waals surface area contributed by atoms with E-state index in [-0.39, 0.29) is 4.88 Å². The summed E-state index contributed by atoms with van der Waals surface area (Å²) in [5, 5.41) is 1.80. The van der Waals surface area contributed by atoms with Gasteiger partial charge < -0.3 is 10.5 Å². The van der Waals surface area contributed by atoms with E-state index in [1.807, 2.05) is 0 Å². The van der Waals surface area contributed by atoms with Gasteiger partial charge in [0.2, 0.25) is 0 Å². The van der Waals surface area contributed by atoms with E-state index >= 15 is 0 Å². The number of amides is 3. The number of ether oxygens (including phenoxy) is 1. The molecule has 1 aromatic heterocycles. The van der Waals surface area contributed by atoms with Crippen LogP contribution in [0.2, 0.25) is 4.34 Å². The number of hydrogen-bond acceptors (Lipinski definition) is 5. The van der Waals surface area contributed by atoms with Crippen LogP contribution in [0, 0.1) is 0 Å². The molecule has 0 radical (unpaired) electrons. The van der Waals surface area contributed by atoms with Crippen LogP contribution in [0.5, 0.6) is 0 Å². The van der Waals surface area contributed by atoms with Crippen LogP contribution in [0.25, 0.3) is 0 Å². The molecule has 3 N–H and O–H groups in total. The monoisotopic (exact) mass is 276 g/mol. The molecule has 0 aromatic carbocycles. The maximum atomic E-state index is 11.5. The van der Waals surface area contributed by atoms with Gasteiger partial charge in [0.25, 0.3) is 5.91 Å². The molecule has 0 fully saturated rings. The number of nitrogens with one attached hydrogen (secondary N) is 1. The van der Waals surface area contributed by atoms with Crippen LogP contribution in [0.3, 0.4) is 0 Å². The smallest absolute Gasteiger partial charge is 0.349 e. The molecule has 0 saturated heterocycles. The van der Waals surface area contributed by atoms with Crippen LogP contribution < -0.4 is 11.1 Å². The summed E-state index contributed by atoms with van der Waals surface area (Å²) in [6.45, 7) is 1.32. The largest absolute Gasteiger partial charge is 0.448 e. The summed E-state index contributed by atoms with van der Waals surface area (Å²) in [7, 11) is 0. The van der Waals surface area contributed by atoms with Crippen molar-refractivity contribution in [1.29, 1.82) is 0 Å². The zero-order valence-electron chi connectivity index (χ0n) is 8.73. The van der Waals surface area contributed by atoms with E-state index in [0.29, 0.717) is 4.34 Å². The first-order valence-corrected chi connectivity index (χ1v) is 5.66. The van der Waals surface area contributed by atoms with Gasteiger partial charge in [-0.15, -0.1) is 11.3 Å². The Morgan fingerprint density at radius 3 is 2.59 bits per heavy atom. The summed E-state index contributed by atoms with van der Waals surface area (Å²) in [4.78, 5) is 33.4. The summed E-state index contributed by atoms with van der Waals surface area (Å²) < 4.78 is 5.24. The van der Waals surface area contributed by atoms with Crippen molar-refractivity contribution in [3.05, 3.63) is 21.3 Å². The van der Waals surface area contributed by atoms with Gasteiger partial charge in [0.1, 0.15) is 4.88 Å². The highest BCUT2D eigenvalue weighted by atomic mass is 35.5. The lowest BCUT2D eigenvalue weighted by Gasteiger charge is -2.10. The molecule has 0 bridgehead atoms. The second-order valence-corrected chi connectivity index (χ2v) is 4.72. The average molecular weight is 277 g/mol.